The maximum Gasteiger partial charge on any atom is 0.117 e. The summed E-state index contributed by atoms with van der Waals surface area (Å²) in [4.78, 5) is 0. The average molecular weight is 200 g/mol. The van der Waals surface area contributed by atoms with Gasteiger partial charge in [-0.05, 0) is 31.9 Å². The Balaban J connectivity index is -0.000000266. The lowest BCUT2D eigenvalue weighted by Gasteiger charge is -2.04. The molecule has 1 nitrogen and oxygen atoms in total. The minimum atomic E-state index is 0.991. The summed E-state index contributed by atoms with van der Waals surface area (Å²) < 4.78 is 5.14. The highest BCUT2D eigenvalue weighted by Crippen LogP contribution is 2.09. The molecule has 0 bridgehead atoms. The van der Waals surface area contributed by atoms with E-state index in [1.54, 1.807) is 7.11 Å². The Kier molecular flexibility index (Phi) is 24.6. The first-order valence-electron chi connectivity index (χ1n) is 5.63. The molecule has 0 N–H and O–H groups in total. The van der Waals surface area contributed by atoms with E-state index in [1.807, 2.05) is 47.6 Å². The van der Waals surface area contributed by atoms with Crippen LogP contribution in [0.5, 0.6) is 0 Å². The van der Waals surface area contributed by atoms with E-state index in [2.05, 4.69) is 13.0 Å². The number of ether oxygens (including phenoxy) is 1. The quantitative estimate of drug-likeness (QED) is 0.463. The van der Waals surface area contributed by atoms with Crippen LogP contribution in [0.25, 0.3) is 0 Å². The van der Waals surface area contributed by atoms with Gasteiger partial charge in [0.2, 0.25) is 0 Å². The lowest BCUT2D eigenvalue weighted by atomic mass is 10.2. The van der Waals surface area contributed by atoms with E-state index in [4.69, 9.17) is 4.74 Å². The van der Waals surface area contributed by atoms with E-state index in [1.165, 1.54) is 5.57 Å². The van der Waals surface area contributed by atoms with Crippen LogP contribution < -0.4 is 0 Å². The van der Waals surface area contributed by atoms with Gasteiger partial charge < -0.3 is 4.74 Å². The van der Waals surface area contributed by atoms with Gasteiger partial charge in [0, 0.05) is 0 Å². The van der Waals surface area contributed by atoms with Crippen molar-refractivity contribution in [1.29, 1.82) is 0 Å². The normalized spacial score (nSPS) is 10.6. The maximum absolute atomic E-state index is 5.14. The van der Waals surface area contributed by atoms with Gasteiger partial charge in [0.15, 0.2) is 0 Å². The highest BCUT2D eigenvalue weighted by molar-refractivity contribution is 5.22. The Morgan fingerprint density at radius 3 is 1.79 bits per heavy atom. The van der Waals surface area contributed by atoms with Crippen LogP contribution in [0.4, 0.5) is 0 Å². The van der Waals surface area contributed by atoms with Crippen molar-refractivity contribution in [1.82, 2.24) is 0 Å². The first kappa shape index (κ1) is 18.9. The van der Waals surface area contributed by atoms with Crippen LogP contribution in [0.15, 0.2) is 23.5 Å². The van der Waals surface area contributed by atoms with Crippen molar-refractivity contribution in [2.75, 3.05) is 7.11 Å². The predicted octanol–water partition coefficient (Wildman–Crippen LogP) is 4.95. The average Bonchev–Trinajstić information content (AvgIpc) is 2.30. The van der Waals surface area contributed by atoms with E-state index < -0.39 is 0 Å². The van der Waals surface area contributed by atoms with E-state index in [0.29, 0.717) is 0 Å². The molecule has 0 aliphatic carbocycles. The Labute approximate surface area is 90.9 Å². The van der Waals surface area contributed by atoms with Gasteiger partial charge in [-0.15, -0.1) is 0 Å². The third-order valence-corrected chi connectivity index (χ3v) is 1.43. The summed E-state index contributed by atoms with van der Waals surface area (Å²) in [7, 11) is 1.70. The SMILES string of the molecule is C/C=C(C)\C(=C/CC)OC.CC.CC. The van der Waals surface area contributed by atoms with Crippen molar-refractivity contribution >= 4 is 0 Å². The molecule has 0 atom stereocenters. The lowest BCUT2D eigenvalue weighted by Crippen LogP contribution is -1.87. The molecule has 0 saturated carbocycles. The van der Waals surface area contributed by atoms with Crippen molar-refractivity contribution in [2.45, 2.75) is 54.9 Å². The molecule has 0 radical (unpaired) electrons. The van der Waals surface area contributed by atoms with E-state index in [-0.39, 0.29) is 0 Å². The minimum Gasteiger partial charge on any atom is -0.497 e. The Bertz CT molecular complexity index is 143. The Hall–Kier alpha value is -0.720. The zero-order valence-electron chi connectivity index (χ0n) is 11.3. The molecule has 86 valence electrons. The highest BCUT2D eigenvalue weighted by atomic mass is 16.5. The number of rotatable bonds is 3. The standard InChI is InChI=1S/C9H16O.2C2H6/c1-5-7-9(10-4)8(3)6-2;2*1-2/h6-7H,5H2,1-4H3;2*1-2H3/b8-6-,9-7+;;. The summed E-state index contributed by atoms with van der Waals surface area (Å²) in [6.45, 7) is 14.2. The molecule has 0 amide bonds. The maximum atomic E-state index is 5.14. The highest BCUT2D eigenvalue weighted by Gasteiger charge is 1.94. The molecule has 0 aromatic carbocycles. The molecule has 14 heavy (non-hydrogen) atoms. The molecule has 0 fully saturated rings. The second-order valence-corrected chi connectivity index (χ2v) is 2.15. The first-order valence-corrected chi connectivity index (χ1v) is 5.63. The first-order chi connectivity index (χ1) is 6.76. The Morgan fingerprint density at radius 1 is 1.14 bits per heavy atom. The van der Waals surface area contributed by atoms with Gasteiger partial charge in [0.25, 0.3) is 0 Å². The lowest BCUT2D eigenvalue weighted by molar-refractivity contribution is 0.299. The van der Waals surface area contributed by atoms with Crippen molar-refractivity contribution in [3.05, 3.63) is 23.5 Å². The molecule has 0 aliphatic rings. The molecular weight excluding hydrogens is 172 g/mol. The van der Waals surface area contributed by atoms with Crippen molar-refractivity contribution < 1.29 is 4.74 Å². The number of allylic oxidation sites excluding steroid dienone is 3. The summed E-state index contributed by atoms with van der Waals surface area (Å²) in [5, 5.41) is 0. The van der Waals surface area contributed by atoms with Crippen LogP contribution >= 0.6 is 0 Å². The summed E-state index contributed by atoms with van der Waals surface area (Å²) in [6, 6.07) is 0. The van der Waals surface area contributed by atoms with Gasteiger partial charge >= 0.3 is 0 Å². The summed E-state index contributed by atoms with van der Waals surface area (Å²) in [6.07, 6.45) is 5.15. The largest absolute Gasteiger partial charge is 0.497 e. The fourth-order valence-electron chi connectivity index (χ4n) is 0.733. The van der Waals surface area contributed by atoms with Crippen LogP contribution in [0, 0.1) is 0 Å². The minimum absolute atomic E-state index is 0.991. The molecule has 0 rings (SSSR count). The predicted molar refractivity (Wildman–Crippen MR) is 67.5 cm³/mol. The molecule has 0 unspecified atom stereocenters. The van der Waals surface area contributed by atoms with Crippen LogP contribution in [-0.4, -0.2) is 7.11 Å². The van der Waals surface area contributed by atoms with E-state index >= 15 is 0 Å². The summed E-state index contributed by atoms with van der Waals surface area (Å²) in [5.41, 5.74) is 1.20. The monoisotopic (exact) mass is 200 g/mol. The summed E-state index contributed by atoms with van der Waals surface area (Å²) in [5.74, 6) is 0.991. The molecule has 0 heterocycles. The van der Waals surface area contributed by atoms with Crippen LogP contribution in [-0.2, 0) is 4.74 Å². The van der Waals surface area contributed by atoms with E-state index in [9.17, 15) is 0 Å². The third kappa shape index (κ3) is 11.3. The molecule has 1 heteroatoms. The second kappa shape index (κ2) is 18.1. The smallest absolute Gasteiger partial charge is 0.117 e. The van der Waals surface area contributed by atoms with Crippen LogP contribution in [0.3, 0.4) is 0 Å². The molecule has 0 aliphatic heterocycles. The number of hydrogen-bond donors (Lipinski definition) is 0. The Morgan fingerprint density at radius 2 is 1.57 bits per heavy atom. The van der Waals surface area contributed by atoms with Crippen molar-refractivity contribution in [2.24, 2.45) is 0 Å². The molecule has 0 spiro atoms. The molecule has 0 saturated heterocycles. The molecular formula is C13H28O. The zero-order chi connectivity index (χ0) is 12.0. The zero-order valence-corrected chi connectivity index (χ0v) is 11.3. The van der Waals surface area contributed by atoms with Gasteiger partial charge in [0.05, 0.1) is 7.11 Å². The van der Waals surface area contributed by atoms with Gasteiger partial charge in [0.1, 0.15) is 5.76 Å². The van der Waals surface area contributed by atoms with E-state index in [0.717, 1.165) is 12.2 Å². The molecule has 0 aromatic heterocycles. The van der Waals surface area contributed by atoms with Crippen LogP contribution in [0.2, 0.25) is 0 Å². The van der Waals surface area contributed by atoms with Crippen molar-refractivity contribution in [3.63, 3.8) is 0 Å². The van der Waals surface area contributed by atoms with Crippen molar-refractivity contribution in [3.8, 4) is 0 Å². The fourth-order valence-corrected chi connectivity index (χ4v) is 0.733. The molecule has 0 aromatic rings. The number of methoxy groups -OCH3 is 1. The summed E-state index contributed by atoms with van der Waals surface area (Å²) >= 11 is 0. The van der Waals surface area contributed by atoms with Crippen LogP contribution in [0.1, 0.15) is 54.9 Å². The van der Waals surface area contributed by atoms with Gasteiger partial charge in [-0.1, -0.05) is 40.7 Å². The van der Waals surface area contributed by atoms with Gasteiger partial charge in [-0.3, -0.25) is 0 Å². The van der Waals surface area contributed by atoms with Gasteiger partial charge in [-0.25, -0.2) is 0 Å². The van der Waals surface area contributed by atoms with Gasteiger partial charge in [-0.2, -0.15) is 0 Å². The number of hydrogen-bond acceptors (Lipinski definition) is 1. The topological polar surface area (TPSA) is 9.23 Å². The second-order valence-electron chi connectivity index (χ2n) is 2.15. The fraction of sp³-hybridized carbons (Fsp3) is 0.692. The third-order valence-electron chi connectivity index (χ3n) is 1.43.